The molecule has 0 fully saturated rings. The molecule has 0 aliphatic carbocycles. The third-order valence-corrected chi connectivity index (χ3v) is 3.98. The highest BCUT2D eigenvalue weighted by molar-refractivity contribution is 9.10. The van der Waals surface area contributed by atoms with Gasteiger partial charge in [-0.15, -0.1) is 0 Å². The lowest BCUT2D eigenvalue weighted by atomic mass is 10.2. The summed E-state index contributed by atoms with van der Waals surface area (Å²) >= 11 is 3.52. The van der Waals surface area contributed by atoms with E-state index in [0.29, 0.717) is 12.2 Å². The summed E-state index contributed by atoms with van der Waals surface area (Å²) in [6, 6.07) is 15.2. The van der Waals surface area contributed by atoms with Gasteiger partial charge >= 0.3 is 0 Å². The van der Waals surface area contributed by atoms with Gasteiger partial charge in [0.15, 0.2) is 0 Å². The summed E-state index contributed by atoms with van der Waals surface area (Å²) in [4.78, 5) is 16.5. The van der Waals surface area contributed by atoms with Crippen LogP contribution >= 0.6 is 15.9 Å². The van der Waals surface area contributed by atoms with Crippen molar-refractivity contribution >= 4 is 21.6 Å². The monoisotopic (exact) mass is 343 g/mol. The maximum atomic E-state index is 12.0. The highest BCUT2D eigenvalue weighted by Gasteiger charge is 2.02. The summed E-state index contributed by atoms with van der Waals surface area (Å²) < 4.78 is 2.61. The zero-order valence-corrected chi connectivity index (χ0v) is 12.9. The molecule has 0 atom stereocenters. The topological polar surface area (TPSA) is 46.4 Å². The van der Waals surface area contributed by atoms with Crippen molar-refractivity contribution in [1.82, 2.24) is 14.7 Å². The fourth-order valence-electron chi connectivity index (χ4n) is 2.16. The van der Waals surface area contributed by atoms with Crippen molar-refractivity contribution in [3.05, 3.63) is 80.8 Å². The summed E-state index contributed by atoms with van der Waals surface area (Å²) in [7, 11) is 0. The van der Waals surface area contributed by atoms with E-state index in [1.54, 1.807) is 12.3 Å². The van der Waals surface area contributed by atoms with Crippen LogP contribution in [0.5, 0.6) is 0 Å². The highest BCUT2D eigenvalue weighted by atomic mass is 79.9. The standard InChI is InChI=1S/C16H14BrN3O/c17-14-6-2-1-5-12(14)10-18-11-13-9-16(21)20-8-4-3-7-15(20)19-13/h1-9,18H,10-11H2. The SMILES string of the molecule is O=c1cc(CNCc2ccccc2Br)nc2ccccn12. The van der Waals surface area contributed by atoms with Gasteiger partial charge in [0.2, 0.25) is 0 Å². The second-order valence-electron chi connectivity index (χ2n) is 4.71. The molecule has 0 saturated heterocycles. The van der Waals surface area contributed by atoms with Gasteiger partial charge in [-0.2, -0.15) is 0 Å². The molecule has 0 aliphatic rings. The van der Waals surface area contributed by atoms with Crippen LogP contribution in [0.3, 0.4) is 0 Å². The Morgan fingerprint density at radius 1 is 1.10 bits per heavy atom. The van der Waals surface area contributed by atoms with Gasteiger partial charge in [0.05, 0.1) is 5.69 Å². The Labute approximate surface area is 130 Å². The number of halogens is 1. The predicted molar refractivity (Wildman–Crippen MR) is 86.1 cm³/mol. The Hall–Kier alpha value is -1.98. The van der Waals surface area contributed by atoms with Gasteiger partial charge in [0, 0.05) is 29.8 Å². The van der Waals surface area contributed by atoms with E-state index >= 15 is 0 Å². The van der Waals surface area contributed by atoms with E-state index in [4.69, 9.17) is 0 Å². The lowest BCUT2D eigenvalue weighted by Crippen LogP contribution is -2.19. The van der Waals surface area contributed by atoms with Crippen molar-refractivity contribution in [3.63, 3.8) is 0 Å². The molecule has 1 aromatic carbocycles. The molecule has 0 unspecified atom stereocenters. The molecule has 0 aliphatic heterocycles. The molecule has 106 valence electrons. The van der Waals surface area contributed by atoms with Crippen LogP contribution in [-0.2, 0) is 13.1 Å². The molecule has 0 spiro atoms. The van der Waals surface area contributed by atoms with E-state index in [1.807, 2.05) is 36.4 Å². The molecule has 5 heteroatoms. The van der Waals surface area contributed by atoms with Crippen LogP contribution in [0.4, 0.5) is 0 Å². The van der Waals surface area contributed by atoms with E-state index in [-0.39, 0.29) is 5.56 Å². The Morgan fingerprint density at radius 3 is 2.76 bits per heavy atom. The summed E-state index contributed by atoms with van der Waals surface area (Å²) in [5.41, 5.74) is 2.54. The first-order chi connectivity index (χ1) is 10.2. The van der Waals surface area contributed by atoms with Crippen LogP contribution in [0.15, 0.2) is 64.0 Å². The molecule has 1 N–H and O–H groups in total. The molecular weight excluding hydrogens is 330 g/mol. The largest absolute Gasteiger partial charge is 0.307 e. The molecule has 0 bridgehead atoms. The number of aromatic nitrogens is 2. The van der Waals surface area contributed by atoms with Gasteiger partial charge in [0.1, 0.15) is 5.65 Å². The van der Waals surface area contributed by atoms with Crippen molar-refractivity contribution in [2.75, 3.05) is 0 Å². The maximum absolute atomic E-state index is 12.0. The molecule has 2 heterocycles. The van der Waals surface area contributed by atoms with Crippen molar-refractivity contribution in [2.45, 2.75) is 13.1 Å². The zero-order valence-electron chi connectivity index (χ0n) is 11.3. The van der Waals surface area contributed by atoms with Crippen molar-refractivity contribution < 1.29 is 0 Å². The summed E-state index contributed by atoms with van der Waals surface area (Å²) in [6.07, 6.45) is 1.73. The molecule has 2 aromatic heterocycles. The number of benzene rings is 1. The molecule has 3 rings (SSSR count). The minimum Gasteiger partial charge on any atom is -0.307 e. The van der Waals surface area contributed by atoms with Gasteiger partial charge in [-0.1, -0.05) is 40.2 Å². The molecule has 0 radical (unpaired) electrons. The number of pyridine rings is 1. The Balaban J connectivity index is 1.74. The molecule has 0 saturated carbocycles. The van der Waals surface area contributed by atoms with Crippen molar-refractivity contribution in [1.29, 1.82) is 0 Å². The number of rotatable bonds is 4. The van der Waals surface area contributed by atoms with Crippen LogP contribution in [0.1, 0.15) is 11.3 Å². The first-order valence-electron chi connectivity index (χ1n) is 6.65. The number of hydrogen-bond donors (Lipinski definition) is 1. The van der Waals surface area contributed by atoms with Crippen molar-refractivity contribution in [2.24, 2.45) is 0 Å². The van der Waals surface area contributed by atoms with E-state index in [1.165, 1.54) is 9.96 Å². The molecular formula is C16H14BrN3O. The average Bonchev–Trinajstić information content (AvgIpc) is 2.49. The minimum absolute atomic E-state index is 0.0571. The highest BCUT2D eigenvalue weighted by Crippen LogP contribution is 2.15. The Kier molecular flexibility index (Phi) is 4.13. The molecule has 3 aromatic rings. The minimum atomic E-state index is -0.0571. The van der Waals surface area contributed by atoms with Crippen LogP contribution in [0.2, 0.25) is 0 Å². The fourth-order valence-corrected chi connectivity index (χ4v) is 2.59. The second kappa shape index (κ2) is 6.20. The van der Waals surface area contributed by atoms with Gasteiger partial charge in [-0.3, -0.25) is 9.20 Å². The van der Waals surface area contributed by atoms with Gasteiger partial charge in [-0.25, -0.2) is 4.98 Å². The summed E-state index contributed by atoms with van der Waals surface area (Å²) in [5.74, 6) is 0. The third-order valence-electron chi connectivity index (χ3n) is 3.20. The van der Waals surface area contributed by atoms with Gasteiger partial charge < -0.3 is 5.32 Å². The van der Waals surface area contributed by atoms with Crippen molar-refractivity contribution in [3.8, 4) is 0 Å². The fraction of sp³-hybridized carbons (Fsp3) is 0.125. The van der Waals surface area contributed by atoms with Crippen LogP contribution in [0, 0.1) is 0 Å². The Morgan fingerprint density at radius 2 is 1.90 bits per heavy atom. The zero-order chi connectivity index (χ0) is 14.7. The summed E-state index contributed by atoms with van der Waals surface area (Å²) in [5, 5.41) is 3.31. The average molecular weight is 344 g/mol. The lowest BCUT2D eigenvalue weighted by Gasteiger charge is -2.07. The van der Waals surface area contributed by atoms with E-state index in [9.17, 15) is 4.79 Å². The number of nitrogens with zero attached hydrogens (tertiary/aromatic N) is 2. The third kappa shape index (κ3) is 3.20. The maximum Gasteiger partial charge on any atom is 0.258 e. The normalized spacial score (nSPS) is 10.9. The smallest absolute Gasteiger partial charge is 0.258 e. The van der Waals surface area contributed by atoms with Crippen LogP contribution in [-0.4, -0.2) is 9.38 Å². The quantitative estimate of drug-likeness (QED) is 0.792. The second-order valence-corrected chi connectivity index (χ2v) is 5.56. The van der Waals surface area contributed by atoms with Gasteiger partial charge in [0.25, 0.3) is 5.56 Å². The van der Waals surface area contributed by atoms with E-state index < -0.39 is 0 Å². The van der Waals surface area contributed by atoms with Gasteiger partial charge in [-0.05, 0) is 23.8 Å². The molecule has 21 heavy (non-hydrogen) atoms. The first-order valence-corrected chi connectivity index (χ1v) is 7.45. The Bertz CT molecular complexity index is 829. The first kappa shape index (κ1) is 14.0. The summed E-state index contributed by atoms with van der Waals surface area (Å²) in [6.45, 7) is 1.28. The number of nitrogens with one attached hydrogen (secondary N) is 1. The number of fused-ring (bicyclic) bond motifs is 1. The van der Waals surface area contributed by atoms with Crippen LogP contribution in [0.25, 0.3) is 5.65 Å². The predicted octanol–water partition coefficient (Wildman–Crippen LogP) is 2.75. The van der Waals surface area contributed by atoms with E-state index in [0.717, 1.165) is 16.7 Å². The van der Waals surface area contributed by atoms with E-state index in [2.05, 4.69) is 32.3 Å². The molecule has 4 nitrogen and oxygen atoms in total. The van der Waals surface area contributed by atoms with Crippen LogP contribution < -0.4 is 10.9 Å². The molecule has 0 amide bonds. The number of hydrogen-bond acceptors (Lipinski definition) is 3. The lowest BCUT2D eigenvalue weighted by molar-refractivity contribution is 0.676.